The van der Waals surface area contributed by atoms with Crippen molar-refractivity contribution in [2.24, 2.45) is 0 Å². The van der Waals surface area contributed by atoms with Crippen LogP contribution in [0.4, 0.5) is 0 Å². The topological polar surface area (TPSA) is 12.0 Å². The fourth-order valence-electron chi connectivity index (χ4n) is 1.27. The molecule has 0 aliphatic heterocycles. The van der Waals surface area contributed by atoms with Gasteiger partial charge in [0.15, 0.2) is 0 Å². The Kier molecular flexibility index (Phi) is 6.62. The van der Waals surface area contributed by atoms with Gasteiger partial charge in [-0.3, -0.25) is 0 Å². The lowest BCUT2D eigenvalue weighted by molar-refractivity contribution is 0.740. The second-order valence-electron chi connectivity index (χ2n) is 3.70. The van der Waals surface area contributed by atoms with Crippen LogP contribution in [0, 0.1) is 0 Å². The van der Waals surface area contributed by atoms with Gasteiger partial charge in [0.1, 0.15) is 0 Å². The number of benzene rings is 1. The van der Waals surface area contributed by atoms with Crippen LogP contribution >= 0.6 is 23.4 Å². The smallest absolute Gasteiger partial charge is 0.0406 e. The second-order valence-corrected chi connectivity index (χ2v) is 5.56. The van der Waals surface area contributed by atoms with E-state index in [1.807, 2.05) is 30.0 Å². The first kappa shape index (κ1) is 13.6. The first-order valence-electron chi connectivity index (χ1n) is 5.40. The summed E-state index contributed by atoms with van der Waals surface area (Å²) in [5.74, 6) is 1.04. The van der Waals surface area contributed by atoms with Crippen LogP contribution in [-0.2, 0) is 5.75 Å². The predicted molar refractivity (Wildman–Crippen MR) is 75.3 cm³/mol. The molecule has 0 saturated heterocycles. The summed E-state index contributed by atoms with van der Waals surface area (Å²) in [5.41, 5.74) is 1.32. The van der Waals surface area contributed by atoms with Gasteiger partial charge in [-0.1, -0.05) is 36.7 Å². The average molecular weight is 256 g/mol. The van der Waals surface area contributed by atoms with Crippen molar-refractivity contribution in [2.45, 2.75) is 17.9 Å². The molecule has 0 spiro atoms. The van der Waals surface area contributed by atoms with Gasteiger partial charge < -0.3 is 5.32 Å². The molecular weight excluding hydrogens is 238 g/mol. The molecule has 88 valence electrons. The number of hydrogen-bond acceptors (Lipinski definition) is 2. The van der Waals surface area contributed by atoms with Gasteiger partial charge >= 0.3 is 0 Å². The standard InChI is InChI=1S/C13H18ClNS/c1-3-8-15-9-11(2)16-10-12-4-6-13(14)7-5-12/h3-7,11,15H,1,8-10H2,2H3. The van der Waals surface area contributed by atoms with Gasteiger partial charge in [-0.2, -0.15) is 11.8 Å². The number of nitrogens with one attached hydrogen (secondary N) is 1. The van der Waals surface area contributed by atoms with Crippen LogP contribution in [0.15, 0.2) is 36.9 Å². The quantitative estimate of drug-likeness (QED) is 0.589. The van der Waals surface area contributed by atoms with E-state index in [2.05, 4.69) is 31.0 Å². The third-order valence-corrected chi connectivity index (χ3v) is 3.66. The maximum absolute atomic E-state index is 5.83. The minimum Gasteiger partial charge on any atom is -0.312 e. The lowest BCUT2D eigenvalue weighted by Gasteiger charge is -2.11. The van der Waals surface area contributed by atoms with Crippen LogP contribution in [0.1, 0.15) is 12.5 Å². The highest BCUT2D eigenvalue weighted by molar-refractivity contribution is 7.99. The SMILES string of the molecule is C=CCNCC(C)SCc1ccc(Cl)cc1. The molecule has 3 heteroatoms. The first-order chi connectivity index (χ1) is 7.72. The molecular formula is C13H18ClNS. The zero-order chi connectivity index (χ0) is 11.8. The molecule has 0 aliphatic carbocycles. The van der Waals surface area contributed by atoms with E-state index in [0.29, 0.717) is 5.25 Å². The molecule has 1 aromatic carbocycles. The Labute approximate surface area is 107 Å². The molecule has 1 N–H and O–H groups in total. The van der Waals surface area contributed by atoms with E-state index in [-0.39, 0.29) is 0 Å². The summed E-state index contributed by atoms with van der Waals surface area (Å²) < 4.78 is 0. The van der Waals surface area contributed by atoms with Crippen molar-refractivity contribution >= 4 is 23.4 Å². The summed E-state index contributed by atoms with van der Waals surface area (Å²) in [7, 11) is 0. The van der Waals surface area contributed by atoms with Gasteiger partial charge in [0, 0.05) is 29.1 Å². The van der Waals surface area contributed by atoms with Crippen LogP contribution in [0.25, 0.3) is 0 Å². The monoisotopic (exact) mass is 255 g/mol. The molecule has 16 heavy (non-hydrogen) atoms. The van der Waals surface area contributed by atoms with Crippen molar-refractivity contribution in [1.29, 1.82) is 0 Å². The molecule has 1 unspecified atom stereocenters. The number of thioether (sulfide) groups is 1. The van der Waals surface area contributed by atoms with Gasteiger partial charge in [0.25, 0.3) is 0 Å². The fraction of sp³-hybridized carbons (Fsp3) is 0.385. The first-order valence-corrected chi connectivity index (χ1v) is 6.82. The van der Waals surface area contributed by atoms with Crippen LogP contribution < -0.4 is 5.32 Å². The molecule has 0 fully saturated rings. The third kappa shape index (κ3) is 5.59. The van der Waals surface area contributed by atoms with Crippen LogP contribution in [0.5, 0.6) is 0 Å². The normalized spacial score (nSPS) is 12.4. The molecule has 0 aliphatic rings. The van der Waals surface area contributed by atoms with E-state index in [9.17, 15) is 0 Å². The number of hydrogen-bond donors (Lipinski definition) is 1. The Bertz CT molecular complexity index is 310. The molecule has 1 aromatic rings. The molecule has 0 amide bonds. The summed E-state index contributed by atoms with van der Waals surface area (Å²) in [5, 5.41) is 4.73. The summed E-state index contributed by atoms with van der Waals surface area (Å²) >= 11 is 7.78. The van der Waals surface area contributed by atoms with E-state index >= 15 is 0 Å². The zero-order valence-electron chi connectivity index (χ0n) is 9.58. The Balaban J connectivity index is 2.23. The molecule has 1 atom stereocenters. The van der Waals surface area contributed by atoms with E-state index in [1.54, 1.807) is 0 Å². The van der Waals surface area contributed by atoms with Gasteiger partial charge in [0.2, 0.25) is 0 Å². The fourth-order valence-corrected chi connectivity index (χ4v) is 2.30. The van der Waals surface area contributed by atoms with Crippen molar-refractivity contribution in [3.8, 4) is 0 Å². The molecule has 0 radical (unpaired) electrons. The lowest BCUT2D eigenvalue weighted by atomic mass is 10.2. The minimum absolute atomic E-state index is 0.607. The van der Waals surface area contributed by atoms with E-state index in [1.165, 1.54) is 5.56 Å². The van der Waals surface area contributed by atoms with Crippen LogP contribution in [-0.4, -0.2) is 18.3 Å². The van der Waals surface area contributed by atoms with Crippen LogP contribution in [0.2, 0.25) is 5.02 Å². The highest BCUT2D eigenvalue weighted by atomic mass is 35.5. The Hall–Kier alpha value is -0.440. The Morgan fingerprint density at radius 3 is 2.75 bits per heavy atom. The molecule has 0 bridgehead atoms. The summed E-state index contributed by atoms with van der Waals surface area (Å²) in [4.78, 5) is 0. The second kappa shape index (κ2) is 7.77. The van der Waals surface area contributed by atoms with Gasteiger partial charge in [-0.05, 0) is 17.7 Å². The van der Waals surface area contributed by atoms with Gasteiger partial charge in [0.05, 0.1) is 0 Å². The van der Waals surface area contributed by atoms with Crippen molar-refractivity contribution in [3.05, 3.63) is 47.5 Å². The zero-order valence-corrected chi connectivity index (χ0v) is 11.2. The van der Waals surface area contributed by atoms with Gasteiger partial charge in [-0.15, -0.1) is 6.58 Å². The Morgan fingerprint density at radius 2 is 2.12 bits per heavy atom. The molecule has 1 nitrogen and oxygen atoms in total. The third-order valence-electron chi connectivity index (χ3n) is 2.17. The number of halogens is 1. The summed E-state index contributed by atoms with van der Waals surface area (Å²) in [6.45, 7) is 7.81. The largest absolute Gasteiger partial charge is 0.312 e. The maximum Gasteiger partial charge on any atom is 0.0406 e. The minimum atomic E-state index is 0.607. The van der Waals surface area contributed by atoms with E-state index in [0.717, 1.165) is 23.9 Å². The number of rotatable bonds is 7. The summed E-state index contributed by atoms with van der Waals surface area (Å²) in [6.07, 6.45) is 1.89. The molecule has 0 heterocycles. The highest BCUT2D eigenvalue weighted by Crippen LogP contribution is 2.18. The van der Waals surface area contributed by atoms with Crippen LogP contribution in [0.3, 0.4) is 0 Å². The van der Waals surface area contributed by atoms with Crippen molar-refractivity contribution in [1.82, 2.24) is 5.32 Å². The van der Waals surface area contributed by atoms with E-state index < -0.39 is 0 Å². The van der Waals surface area contributed by atoms with Crippen molar-refractivity contribution < 1.29 is 0 Å². The average Bonchev–Trinajstić information content (AvgIpc) is 2.29. The van der Waals surface area contributed by atoms with Gasteiger partial charge in [-0.25, -0.2) is 0 Å². The van der Waals surface area contributed by atoms with Crippen molar-refractivity contribution in [2.75, 3.05) is 13.1 Å². The molecule has 0 aromatic heterocycles. The molecule has 1 rings (SSSR count). The van der Waals surface area contributed by atoms with Crippen molar-refractivity contribution in [3.63, 3.8) is 0 Å². The molecule has 0 saturated carbocycles. The Morgan fingerprint density at radius 1 is 1.44 bits per heavy atom. The highest BCUT2D eigenvalue weighted by Gasteiger charge is 2.02. The predicted octanol–water partition coefficient (Wildman–Crippen LogP) is 3.74. The summed E-state index contributed by atoms with van der Waals surface area (Å²) in [6, 6.07) is 8.05. The lowest BCUT2D eigenvalue weighted by Crippen LogP contribution is -2.22. The maximum atomic E-state index is 5.83. The van der Waals surface area contributed by atoms with E-state index in [4.69, 9.17) is 11.6 Å².